The lowest BCUT2D eigenvalue weighted by Crippen LogP contribution is -2.35. The predicted octanol–water partition coefficient (Wildman–Crippen LogP) is 1.06. The standard InChI is InChI=1S/C14H23NO4/c1-11(17-2)8-15-9-12(16)10-19-14-6-4-5-13(7-14)18-3/h4-7,11-12,15-16H,8-10H2,1-3H3. The van der Waals surface area contributed by atoms with E-state index in [0.29, 0.717) is 18.8 Å². The maximum absolute atomic E-state index is 9.76. The fourth-order valence-corrected chi connectivity index (χ4v) is 1.48. The van der Waals surface area contributed by atoms with E-state index in [9.17, 15) is 5.11 Å². The van der Waals surface area contributed by atoms with Crippen molar-refractivity contribution in [2.45, 2.75) is 19.1 Å². The van der Waals surface area contributed by atoms with Crippen LogP contribution in [0.15, 0.2) is 24.3 Å². The maximum atomic E-state index is 9.76. The molecular formula is C14H23NO4. The number of nitrogens with one attached hydrogen (secondary N) is 1. The van der Waals surface area contributed by atoms with Gasteiger partial charge in [0.05, 0.1) is 13.2 Å². The van der Waals surface area contributed by atoms with Crippen molar-refractivity contribution in [2.24, 2.45) is 0 Å². The molecule has 0 radical (unpaired) electrons. The normalized spacial score (nSPS) is 13.9. The summed E-state index contributed by atoms with van der Waals surface area (Å²) in [5.41, 5.74) is 0. The summed E-state index contributed by atoms with van der Waals surface area (Å²) in [7, 11) is 3.27. The van der Waals surface area contributed by atoms with E-state index in [4.69, 9.17) is 14.2 Å². The molecular weight excluding hydrogens is 246 g/mol. The van der Waals surface area contributed by atoms with Gasteiger partial charge in [-0.15, -0.1) is 0 Å². The van der Waals surface area contributed by atoms with Crippen molar-refractivity contribution >= 4 is 0 Å². The van der Waals surface area contributed by atoms with Gasteiger partial charge in [0.25, 0.3) is 0 Å². The molecule has 2 N–H and O–H groups in total. The Hall–Kier alpha value is -1.30. The third-order valence-corrected chi connectivity index (χ3v) is 2.70. The molecule has 0 bridgehead atoms. The highest BCUT2D eigenvalue weighted by molar-refractivity contribution is 5.32. The number of hydrogen-bond acceptors (Lipinski definition) is 5. The molecule has 0 aliphatic carbocycles. The molecule has 19 heavy (non-hydrogen) atoms. The molecule has 0 aromatic heterocycles. The Kier molecular flexibility index (Phi) is 7.25. The second-order valence-corrected chi connectivity index (χ2v) is 4.35. The number of aliphatic hydroxyl groups is 1. The second-order valence-electron chi connectivity index (χ2n) is 4.35. The van der Waals surface area contributed by atoms with Gasteiger partial charge >= 0.3 is 0 Å². The molecule has 1 rings (SSSR count). The van der Waals surface area contributed by atoms with Crippen LogP contribution in [0.3, 0.4) is 0 Å². The molecule has 0 aliphatic rings. The topological polar surface area (TPSA) is 60.0 Å². The van der Waals surface area contributed by atoms with Crippen LogP contribution in [0.1, 0.15) is 6.92 Å². The van der Waals surface area contributed by atoms with Gasteiger partial charge < -0.3 is 24.6 Å². The van der Waals surface area contributed by atoms with Gasteiger partial charge in [-0.05, 0) is 19.1 Å². The number of rotatable bonds is 9. The minimum atomic E-state index is -0.560. The van der Waals surface area contributed by atoms with E-state index >= 15 is 0 Å². The van der Waals surface area contributed by atoms with Gasteiger partial charge in [0.1, 0.15) is 24.2 Å². The maximum Gasteiger partial charge on any atom is 0.123 e. The molecule has 0 fully saturated rings. The molecule has 5 nitrogen and oxygen atoms in total. The average Bonchev–Trinajstić information content (AvgIpc) is 2.45. The Morgan fingerprint density at radius 3 is 2.63 bits per heavy atom. The lowest BCUT2D eigenvalue weighted by atomic mass is 10.3. The number of hydrogen-bond donors (Lipinski definition) is 2. The van der Waals surface area contributed by atoms with Crippen LogP contribution in [0, 0.1) is 0 Å². The molecule has 2 atom stereocenters. The zero-order valence-electron chi connectivity index (χ0n) is 11.8. The quantitative estimate of drug-likeness (QED) is 0.702. The summed E-state index contributed by atoms with van der Waals surface area (Å²) in [6, 6.07) is 7.30. The van der Waals surface area contributed by atoms with Gasteiger partial charge in [-0.3, -0.25) is 0 Å². The van der Waals surface area contributed by atoms with Crippen LogP contribution in [0.5, 0.6) is 11.5 Å². The van der Waals surface area contributed by atoms with E-state index < -0.39 is 6.10 Å². The van der Waals surface area contributed by atoms with Crippen molar-refractivity contribution in [2.75, 3.05) is 33.9 Å². The van der Waals surface area contributed by atoms with Crippen molar-refractivity contribution in [1.29, 1.82) is 0 Å². The summed E-state index contributed by atoms with van der Waals surface area (Å²) in [5, 5.41) is 12.9. The fourth-order valence-electron chi connectivity index (χ4n) is 1.48. The molecule has 0 aliphatic heterocycles. The lowest BCUT2D eigenvalue weighted by molar-refractivity contribution is 0.0903. The largest absolute Gasteiger partial charge is 0.497 e. The van der Waals surface area contributed by atoms with Gasteiger partial charge in [-0.1, -0.05) is 6.07 Å². The van der Waals surface area contributed by atoms with Gasteiger partial charge in [-0.2, -0.15) is 0 Å². The SMILES string of the molecule is COc1cccc(OCC(O)CNCC(C)OC)c1. The van der Waals surface area contributed by atoms with Crippen molar-refractivity contribution < 1.29 is 19.3 Å². The van der Waals surface area contributed by atoms with E-state index in [-0.39, 0.29) is 12.7 Å². The molecule has 0 saturated carbocycles. The highest BCUT2D eigenvalue weighted by Gasteiger charge is 2.06. The Balaban J connectivity index is 2.23. The van der Waals surface area contributed by atoms with Crippen LogP contribution < -0.4 is 14.8 Å². The second kappa shape index (κ2) is 8.74. The Labute approximate surface area is 114 Å². The van der Waals surface area contributed by atoms with Crippen molar-refractivity contribution in [3.63, 3.8) is 0 Å². The Morgan fingerprint density at radius 1 is 1.21 bits per heavy atom. The molecule has 0 heterocycles. The summed E-state index contributed by atoms with van der Waals surface area (Å²) in [5.74, 6) is 1.42. The van der Waals surface area contributed by atoms with Gasteiger partial charge in [0, 0.05) is 26.3 Å². The first kappa shape index (κ1) is 15.8. The summed E-state index contributed by atoms with van der Waals surface area (Å²) in [6.07, 6.45) is -0.429. The first-order valence-corrected chi connectivity index (χ1v) is 6.34. The molecule has 108 valence electrons. The summed E-state index contributed by atoms with van der Waals surface area (Å²) >= 11 is 0. The van der Waals surface area contributed by atoms with Crippen molar-refractivity contribution in [3.05, 3.63) is 24.3 Å². The molecule has 1 aromatic rings. The number of benzene rings is 1. The highest BCUT2D eigenvalue weighted by atomic mass is 16.5. The molecule has 1 aromatic carbocycles. The number of methoxy groups -OCH3 is 2. The van der Waals surface area contributed by atoms with Crippen molar-refractivity contribution in [3.8, 4) is 11.5 Å². The third-order valence-electron chi connectivity index (χ3n) is 2.70. The van der Waals surface area contributed by atoms with Gasteiger partial charge in [0.15, 0.2) is 0 Å². The molecule has 2 unspecified atom stereocenters. The first-order valence-electron chi connectivity index (χ1n) is 6.34. The van der Waals surface area contributed by atoms with E-state index in [1.165, 1.54) is 0 Å². The van der Waals surface area contributed by atoms with Crippen LogP contribution in [-0.4, -0.2) is 51.2 Å². The van der Waals surface area contributed by atoms with Crippen molar-refractivity contribution in [1.82, 2.24) is 5.32 Å². The lowest BCUT2D eigenvalue weighted by Gasteiger charge is -2.15. The highest BCUT2D eigenvalue weighted by Crippen LogP contribution is 2.18. The zero-order valence-corrected chi connectivity index (χ0v) is 11.8. The van der Waals surface area contributed by atoms with E-state index in [2.05, 4.69) is 5.32 Å². The first-order chi connectivity index (χ1) is 9.15. The monoisotopic (exact) mass is 269 g/mol. The molecule has 0 amide bonds. The summed E-state index contributed by atoms with van der Waals surface area (Å²) < 4.78 is 15.7. The van der Waals surface area contributed by atoms with E-state index in [1.807, 2.05) is 25.1 Å². The van der Waals surface area contributed by atoms with Crippen LogP contribution in [0.4, 0.5) is 0 Å². The minimum absolute atomic E-state index is 0.131. The number of aliphatic hydroxyl groups excluding tert-OH is 1. The zero-order chi connectivity index (χ0) is 14.1. The molecule has 5 heteroatoms. The third kappa shape index (κ3) is 6.42. The fraction of sp³-hybridized carbons (Fsp3) is 0.571. The summed E-state index contributed by atoms with van der Waals surface area (Å²) in [4.78, 5) is 0. The van der Waals surface area contributed by atoms with Crippen LogP contribution in [0.2, 0.25) is 0 Å². The van der Waals surface area contributed by atoms with E-state index in [1.54, 1.807) is 20.3 Å². The summed E-state index contributed by atoms with van der Waals surface area (Å²) in [6.45, 7) is 3.37. The van der Waals surface area contributed by atoms with Crippen LogP contribution in [-0.2, 0) is 4.74 Å². The van der Waals surface area contributed by atoms with Crippen LogP contribution in [0.25, 0.3) is 0 Å². The molecule has 0 saturated heterocycles. The minimum Gasteiger partial charge on any atom is -0.497 e. The van der Waals surface area contributed by atoms with E-state index in [0.717, 1.165) is 5.75 Å². The Bertz CT molecular complexity index is 359. The van der Waals surface area contributed by atoms with Crippen LogP contribution >= 0.6 is 0 Å². The molecule has 0 spiro atoms. The van der Waals surface area contributed by atoms with Gasteiger partial charge in [-0.25, -0.2) is 0 Å². The van der Waals surface area contributed by atoms with Gasteiger partial charge in [0.2, 0.25) is 0 Å². The average molecular weight is 269 g/mol. The Morgan fingerprint density at radius 2 is 1.95 bits per heavy atom. The number of ether oxygens (including phenoxy) is 3. The predicted molar refractivity (Wildman–Crippen MR) is 73.8 cm³/mol. The smallest absolute Gasteiger partial charge is 0.123 e.